The largest absolute Gasteiger partial charge is 0.382 e. The fraction of sp³-hybridized carbons (Fsp3) is 0.857. The lowest BCUT2D eigenvalue weighted by molar-refractivity contribution is -0.122. The van der Waals surface area contributed by atoms with Crippen molar-refractivity contribution in [3.8, 4) is 0 Å². The third-order valence-electron chi connectivity index (χ3n) is 3.10. The summed E-state index contributed by atoms with van der Waals surface area (Å²) in [5.74, 6) is 1.24. The fourth-order valence-corrected chi connectivity index (χ4v) is 1.76. The van der Waals surface area contributed by atoms with E-state index in [1.54, 1.807) is 7.05 Å². The maximum Gasteiger partial charge on any atom is 0.223 e. The second-order valence-corrected chi connectivity index (χ2v) is 4.90. The number of carbonyl (C=O) groups is 1. The van der Waals surface area contributed by atoms with Crippen molar-refractivity contribution in [3.63, 3.8) is 0 Å². The molecule has 0 atom stereocenters. The molecule has 1 aliphatic carbocycles. The Kier molecular flexibility index (Phi) is 12.8. The van der Waals surface area contributed by atoms with E-state index < -0.39 is 0 Å². The molecule has 0 unspecified atom stereocenters. The normalized spacial score (nSPS) is 14.3. The van der Waals surface area contributed by atoms with Crippen molar-refractivity contribution in [2.75, 3.05) is 39.9 Å². The maximum atomic E-state index is 11.4. The Hall–Kier alpha value is -0.570. The smallest absolute Gasteiger partial charge is 0.223 e. The van der Waals surface area contributed by atoms with Gasteiger partial charge in [0.2, 0.25) is 5.91 Å². The van der Waals surface area contributed by atoms with Gasteiger partial charge < -0.3 is 20.7 Å². The summed E-state index contributed by atoms with van der Waals surface area (Å²) in [6.45, 7) is 5.81. The number of nitrogens with one attached hydrogen (secondary N) is 3. The van der Waals surface area contributed by atoms with Gasteiger partial charge in [-0.1, -0.05) is 0 Å². The number of nitrogens with zero attached hydrogens (tertiary/aromatic N) is 1. The third kappa shape index (κ3) is 10.8. The molecule has 7 heteroatoms. The van der Waals surface area contributed by atoms with E-state index in [4.69, 9.17) is 4.74 Å². The van der Waals surface area contributed by atoms with Crippen LogP contribution in [0.4, 0.5) is 0 Å². The molecule has 0 aromatic rings. The van der Waals surface area contributed by atoms with Crippen molar-refractivity contribution in [2.24, 2.45) is 10.9 Å². The average Bonchev–Trinajstić information content (AvgIpc) is 3.29. The van der Waals surface area contributed by atoms with E-state index in [0.29, 0.717) is 13.1 Å². The molecule has 0 aromatic carbocycles. The Balaban J connectivity index is 0.00000400. The minimum Gasteiger partial charge on any atom is -0.382 e. The van der Waals surface area contributed by atoms with E-state index in [-0.39, 0.29) is 35.8 Å². The molecule has 1 aliphatic rings. The number of amides is 1. The summed E-state index contributed by atoms with van der Waals surface area (Å²) in [4.78, 5) is 15.6. The zero-order valence-electron chi connectivity index (χ0n) is 13.1. The number of hydrogen-bond acceptors (Lipinski definition) is 3. The van der Waals surface area contributed by atoms with Crippen LogP contribution in [0.2, 0.25) is 0 Å². The molecule has 0 bridgehead atoms. The summed E-state index contributed by atoms with van der Waals surface area (Å²) in [5, 5.41) is 9.33. The number of guanidine groups is 1. The van der Waals surface area contributed by atoms with Crippen LogP contribution in [-0.2, 0) is 9.53 Å². The second-order valence-electron chi connectivity index (χ2n) is 4.90. The van der Waals surface area contributed by atoms with E-state index in [0.717, 1.165) is 51.4 Å². The quantitative estimate of drug-likeness (QED) is 0.218. The van der Waals surface area contributed by atoms with Gasteiger partial charge in [-0.25, -0.2) is 0 Å². The second kappa shape index (κ2) is 13.1. The van der Waals surface area contributed by atoms with Crippen LogP contribution >= 0.6 is 24.0 Å². The number of halogens is 1. The highest BCUT2D eigenvalue weighted by molar-refractivity contribution is 14.0. The lowest BCUT2D eigenvalue weighted by Crippen LogP contribution is -2.42. The van der Waals surface area contributed by atoms with Crippen LogP contribution < -0.4 is 16.0 Å². The van der Waals surface area contributed by atoms with Crippen LogP contribution in [-0.4, -0.2) is 51.8 Å². The van der Waals surface area contributed by atoms with Gasteiger partial charge in [-0.15, -0.1) is 24.0 Å². The van der Waals surface area contributed by atoms with Crippen molar-refractivity contribution in [1.82, 2.24) is 16.0 Å². The monoisotopic (exact) mass is 412 g/mol. The molecule has 0 heterocycles. The van der Waals surface area contributed by atoms with E-state index >= 15 is 0 Å². The first-order chi connectivity index (χ1) is 9.77. The Morgan fingerprint density at radius 1 is 1.14 bits per heavy atom. The van der Waals surface area contributed by atoms with E-state index in [1.807, 2.05) is 6.92 Å². The Morgan fingerprint density at radius 3 is 2.43 bits per heavy atom. The molecule has 6 nitrogen and oxygen atoms in total. The fourth-order valence-electron chi connectivity index (χ4n) is 1.76. The molecule has 0 spiro atoms. The number of hydrogen-bond donors (Lipinski definition) is 3. The van der Waals surface area contributed by atoms with Crippen molar-refractivity contribution >= 4 is 35.8 Å². The first kappa shape index (κ1) is 20.4. The molecule has 1 rings (SSSR count). The van der Waals surface area contributed by atoms with Gasteiger partial charge in [0, 0.05) is 45.8 Å². The van der Waals surface area contributed by atoms with E-state index in [2.05, 4.69) is 20.9 Å². The number of ether oxygens (including phenoxy) is 1. The van der Waals surface area contributed by atoms with E-state index in [9.17, 15) is 4.79 Å². The Morgan fingerprint density at radius 2 is 1.81 bits per heavy atom. The van der Waals surface area contributed by atoms with Crippen molar-refractivity contribution in [3.05, 3.63) is 0 Å². The van der Waals surface area contributed by atoms with Gasteiger partial charge in [0.25, 0.3) is 0 Å². The molecular weight excluding hydrogens is 383 g/mol. The number of aliphatic imine (C=N–C) groups is 1. The van der Waals surface area contributed by atoms with Crippen LogP contribution in [0.25, 0.3) is 0 Å². The van der Waals surface area contributed by atoms with Gasteiger partial charge in [-0.3, -0.25) is 9.79 Å². The van der Waals surface area contributed by atoms with E-state index in [1.165, 1.54) is 0 Å². The standard InChI is InChI=1S/C14H28N4O2.HI/c1-3-20-11-5-4-8-17-14(15-2)18-10-9-16-13(19)12-6-7-12;/h12H,3-11H2,1-2H3,(H,16,19)(H2,15,17,18);1H. The Labute approximate surface area is 144 Å². The molecule has 3 N–H and O–H groups in total. The summed E-state index contributed by atoms with van der Waals surface area (Å²) in [6, 6.07) is 0. The molecule has 1 fully saturated rings. The molecule has 0 saturated heterocycles. The summed E-state index contributed by atoms with van der Waals surface area (Å²) in [5.41, 5.74) is 0. The zero-order chi connectivity index (χ0) is 14.6. The molecule has 124 valence electrons. The summed E-state index contributed by atoms with van der Waals surface area (Å²) in [7, 11) is 1.75. The third-order valence-corrected chi connectivity index (χ3v) is 3.10. The summed E-state index contributed by atoms with van der Waals surface area (Å²) >= 11 is 0. The van der Waals surface area contributed by atoms with Gasteiger partial charge in [0.1, 0.15) is 0 Å². The first-order valence-electron chi connectivity index (χ1n) is 7.58. The maximum absolute atomic E-state index is 11.4. The minimum atomic E-state index is 0. The molecule has 21 heavy (non-hydrogen) atoms. The molecule has 0 radical (unpaired) electrons. The highest BCUT2D eigenvalue weighted by Crippen LogP contribution is 2.28. The molecular formula is C14H29IN4O2. The van der Waals surface area contributed by atoms with Crippen molar-refractivity contribution in [2.45, 2.75) is 32.6 Å². The van der Waals surface area contributed by atoms with Crippen LogP contribution in [0.15, 0.2) is 4.99 Å². The molecule has 0 aromatic heterocycles. The van der Waals surface area contributed by atoms with Gasteiger partial charge in [-0.2, -0.15) is 0 Å². The van der Waals surface area contributed by atoms with Gasteiger partial charge in [0.15, 0.2) is 5.96 Å². The SMILES string of the molecule is CCOCCCCNC(=NC)NCCNC(=O)C1CC1.I. The molecule has 1 amide bonds. The first-order valence-corrected chi connectivity index (χ1v) is 7.58. The predicted molar refractivity (Wildman–Crippen MR) is 96.2 cm³/mol. The van der Waals surface area contributed by atoms with Gasteiger partial charge in [0.05, 0.1) is 0 Å². The highest BCUT2D eigenvalue weighted by atomic mass is 127. The van der Waals surface area contributed by atoms with Crippen LogP contribution in [0.1, 0.15) is 32.6 Å². The summed E-state index contributed by atoms with van der Waals surface area (Å²) < 4.78 is 5.28. The number of carbonyl (C=O) groups excluding carboxylic acids is 1. The highest BCUT2D eigenvalue weighted by Gasteiger charge is 2.28. The van der Waals surface area contributed by atoms with Crippen molar-refractivity contribution < 1.29 is 9.53 Å². The predicted octanol–water partition coefficient (Wildman–Crippen LogP) is 1.11. The number of rotatable bonds is 10. The summed E-state index contributed by atoms with van der Waals surface area (Å²) in [6.07, 6.45) is 4.20. The van der Waals surface area contributed by atoms with Crippen LogP contribution in [0.5, 0.6) is 0 Å². The van der Waals surface area contributed by atoms with Crippen LogP contribution in [0.3, 0.4) is 0 Å². The Bertz CT molecular complexity index is 309. The zero-order valence-corrected chi connectivity index (χ0v) is 15.4. The minimum absolute atomic E-state index is 0. The molecule has 1 saturated carbocycles. The number of unbranched alkanes of at least 4 members (excludes halogenated alkanes) is 1. The van der Waals surface area contributed by atoms with Crippen LogP contribution in [0, 0.1) is 5.92 Å². The lowest BCUT2D eigenvalue weighted by Gasteiger charge is -2.12. The topological polar surface area (TPSA) is 74.8 Å². The lowest BCUT2D eigenvalue weighted by atomic mass is 10.3. The van der Waals surface area contributed by atoms with Gasteiger partial charge >= 0.3 is 0 Å². The molecule has 0 aliphatic heterocycles. The van der Waals surface area contributed by atoms with Crippen molar-refractivity contribution in [1.29, 1.82) is 0 Å². The van der Waals surface area contributed by atoms with Gasteiger partial charge in [-0.05, 0) is 32.6 Å². The average molecular weight is 412 g/mol.